The predicted molar refractivity (Wildman–Crippen MR) is 212 cm³/mol. The van der Waals surface area contributed by atoms with Gasteiger partial charge in [-0.05, 0) is 104 Å². The molecule has 10 rings (SSSR count). The van der Waals surface area contributed by atoms with Crippen LogP contribution in [-0.4, -0.2) is 0 Å². The van der Waals surface area contributed by atoms with Gasteiger partial charge in [-0.3, -0.25) is 0 Å². The lowest BCUT2D eigenvalue weighted by Crippen LogP contribution is -2.10. The summed E-state index contributed by atoms with van der Waals surface area (Å²) in [5.74, 6) is 0. The molecule has 0 aliphatic carbocycles. The average molecular weight is 649 g/mol. The van der Waals surface area contributed by atoms with Gasteiger partial charge in [0.2, 0.25) is 0 Å². The first-order chi connectivity index (χ1) is 29.4. The molecule has 2 nitrogen and oxygen atoms in total. The third-order valence-corrected chi connectivity index (χ3v) is 9.15. The van der Waals surface area contributed by atoms with E-state index in [1.54, 1.807) is 11.0 Å². The summed E-state index contributed by atoms with van der Waals surface area (Å²) in [5, 5.41) is 4.84. The molecule has 0 radical (unpaired) electrons. The molecule has 10 aromatic rings. The van der Waals surface area contributed by atoms with Crippen LogP contribution >= 0.6 is 0 Å². The largest absolute Gasteiger partial charge is 0.455 e. The maximum atomic E-state index is 9.60. The highest BCUT2D eigenvalue weighted by Gasteiger charge is 2.20. The Morgan fingerprint density at radius 3 is 2.02 bits per heavy atom. The van der Waals surface area contributed by atoms with Crippen molar-refractivity contribution in [3.05, 3.63) is 188 Å². The van der Waals surface area contributed by atoms with E-state index in [4.69, 9.17) is 14.0 Å². The van der Waals surface area contributed by atoms with E-state index in [-0.39, 0.29) is 16.5 Å². The summed E-state index contributed by atoms with van der Waals surface area (Å²) in [7, 11) is 0. The molecule has 0 fully saturated rings. The van der Waals surface area contributed by atoms with Crippen LogP contribution in [-0.2, 0) is 0 Å². The summed E-state index contributed by atoms with van der Waals surface area (Å²) in [6, 6.07) is 32.7. The van der Waals surface area contributed by atoms with Crippen LogP contribution in [0.25, 0.3) is 76.5 Å². The molecule has 0 saturated carbocycles. The molecular formula is C48H31NO. The van der Waals surface area contributed by atoms with Crippen LogP contribution in [0.15, 0.2) is 192 Å². The fraction of sp³-hybridized carbons (Fsp3) is 0. The highest BCUT2D eigenvalue weighted by atomic mass is 16.3. The summed E-state index contributed by atoms with van der Waals surface area (Å²) >= 11 is 0. The first-order valence-corrected chi connectivity index (χ1v) is 16.2. The van der Waals surface area contributed by atoms with Gasteiger partial charge in [-0.15, -0.1) is 0 Å². The topological polar surface area (TPSA) is 16.4 Å². The van der Waals surface area contributed by atoms with Gasteiger partial charge < -0.3 is 9.32 Å². The minimum Gasteiger partial charge on any atom is -0.455 e. The second kappa shape index (κ2) is 11.5. The number of furan rings is 1. The van der Waals surface area contributed by atoms with Crippen LogP contribution in [0, 0.1) is 0 Å². The lowest BCUT2D eigenvalue weighted by atomic mass is 9.99. The van der Waals surface area contributed by atoms with Crippen LogP contribution in [0.1, 0.15) is 15.1 Å². The third-order valence-electron chi connectivity index (χ3n) is 9.15. The summed E-state index contributed by atoms with van der Waals surface area (Å²) in [6.07, 6.45) is 0. The molecule has 0 unspecified atom stereocenters. The van der Waals surface area contributed by atoms with E-state index in [2.05, 4.69) is 24.3 Å². The zero-order valence-electron chi connectivity index (χ0n) is 37.4. The van der Waals surface area contributed by atoms with Crippen molar-refractivity contribution in [2.75, 3.05) is 4.90 Å². The van der Waals surface area contributed by atoms with Crippen LogP contribution in [0.3, 0.4) is 0 Å². The molecule has 0 bridgehead atoms. The van der Waals surface area contributed by atoms with Crippen molar-refractivity contribution < 1.29 is 19.5 Å². The first-order valence-electron chi connectivity index (χ1n) is 21.7. The molecule has 0 N–H and O–H groups in total. The van der Waals surface area contributed by atoms with Gasteiger partial charge in [0.05, 0.1) is 26.2 Å². The van der Waals surface area contributed by atoms with Crippen LogP contribution in [0.2, 0.25) is 0 Å². The number of benzene rings is 9. The second-order valence-corrected chi connectivity index (χ2v) is 12.1. The Labute approximate surface area is 305 Å². The van der Waals surface area contributed by atoms with Crippen LogP contribution < -0.4 is 4.90 Å². The van der Waals surface area contributed by atoms with Crippen molar-refractivity contribution in [3.63, 3.8) is 0 Å². The fourth-order valence-electron chi connectivity index (χ4n) is 6.73. The standard InChI is InChI=1S/C48H31NO/c1-3-11-37-30-39(18-16-32(37)8-1)34-20-25-41(26-21-34)49(42-27-22-35(23-28-42)40-19-17-33-9-2-4-12-38(33)31-40)45-14-7-15-46-47(45)44-29-24-36-10-5-6-13-43(36)48(44)50-46/h1-31H/i1D,3D,8D,11D,16D,18D,20D,21D,25D,26D,30D. The summed E-state index contributed by atoms with van der Waals surface area (Å²) in [6.45, 7) is 0. The molecule has 1 aromatic heterocycles. The lowest BCUT2D eigenvalue weighted by molar-refractivity contribution is 0.672. The number of hydrogen-bond donors (Lipinski definition) is 0. The Kier molecular flexibility index (Phi) is 4.46. The molecule has 0 aliphatic rings. The first kappa shape index (κ1) is 19.4. The van der Waals surface area contributed by atoms with E-state index in [0.29, 0.717) is 27.9 Å². The monoisotopic (exact) mass is 648 g/mol. The number of fused-ring (bicyclic) bond motifs is 7. The molecular weight excluding hydrogens is 607 g/mol. The molecule has 50 heavy (non-hydrogen) atoms. The van der Waals surface area contributed by atoms with Crippen LogP contribution in [0.5, 0.6) is 0 Å². The fourth-order valence-corrected chi connectivity index (χ4v) is 6.73. The van der Waals surface area contributed by atoms with E-state index >= 15 is 0 Å². The molecule has 234 valence electrons. The van der Waals surface area contributed by atoms with Crippen molar-refractivity contribution in [2.45, 2.75) is 0 Å². The predicted octanol–water partition coefficient (Wildman–Crippen LogP) is 13.8. The van der Waals surface area contributed by atoms with Gasteiger partial charge in [0.25, 0.3) is 0 Å². The molecule has 0 atom stereocenters. The third kappa shape index (κ3) is 4.73. The van der Waals surface area contributed by atoms with Crippen molar-refractivity contribution in [2.24, 2.45) is 0 Å². The van der Waals surface area contributed by atoms with Crippen LogP contribution in [0.4, 0.5) is 17.1 Å². The van der Waals surface area contributed by atoms with Crippen molar-refractivity contribution in [1.29, 1.82) is 0 Å². The molecule has 9 aromatic carbocycles. The molecule has 2 heteroatoms. The lowest BCUT2D eigenvalue weighted by Gasteiger charge is -2.26. The number of rotatable bonds is 5. The van der Waals surface area contributed by atoms with E-state index in [0.717, 1.165) is 38.1 Å². The average Bonchev–Trinajstić information content (AvgIpc) is 3.68. The van der Waals surface area contributed by atoms with Gasteiger partial charge in [-0.25, -0.2) is 0 Å². The maximum Gasteiger partial charge on any atom is 0.143 e. The smallest absolute Gasteiger partial charge is 0.143 e. The Hall–Kier alpha value is -6.64. The van der Waals surface area contributed by atoms with Gasteiger partial charge in [0.15, 0.2) is 0 Å². The van der Waals surface area contributed by atoms with Gasteiger partial charge in [-0.2, -0.15) is 0 Å². The Balaban J connectivity index is 1.24. The Morgan fingerprint density at radius 1 is 0.440 bits per heavy atom. The summed E-state index contributed by atoms with van der Waals surface area (Å²) in [5.41, 5.74) is 3.11. The number of nitrogens with zero attached hydrogens (tertiary/aromatic N) is 1. The summed E-state index contributed by atoms with van der Waals surface area (Å²) in [4.78, 5) is 1.66. The van der Waals surface area contributed by atoms with Crippen molar-refractivity contribution in [1.82, 2.24) is 0 Å². The van der Waals surface area contributed by atoms with E-state index in [1.165, 1.54) is 0 Å². The number of hydrogen-bond acceptors (Lipinski definition) is 2. The highest BCUT2D eigenvalue weighted by molar-refractivity contribution is 6.19. The minimum absolute atomic E-state index is 0.119. The number of anilines is 3. The molecule has 0 amide bonds. The van der Waals surface area contributed by atoms with Gasteiger partial charge in [0, 0.05) is 22.1 Å². The van der Waals surface area contributed by atoms with Crippen molar-refractivity contribution in [3.8, 4) is 22.3 Å². The van der Waals surface area contributed by atoms with Gasteiger partial charge in [0.1, 0.15) is 11.2 Å². The second-order valence-electron chi connectivity index (χ2n) is 12.1. The van der Waals surface area contributed by atoms with E-state index in [9.17, 15) is 5.48 Å². The molecule has 0 saturated heterocycles. The zero-order valence-corrected chi connectivity index (χ0v) is 26.4. The van der Waals surface area contributed by atoms with Gasteiger partial charge >= 0.3 is 0 Å². The maximum absolute atomic E-state index is 9.60. The van der Waals surface area contributed by atoms with E-state index < -0.39 is 77.6 Å². The van der Waals surface area contributed by atoms with E-state index in [1.807, 2.05) is 91.0 Å². The Morgan fingerprint density at radius 2 is 1.16 bits per heavy atom. The quantitative estimate of drug-likeness (QED) is 0.185. The normalized spacial score (nSPS) is 14.7. The minimum atomic E-state index is -0.654. The van der Waals surface area contributed by atoms with Crippen molar-refractivity contribution >= 4 is 71.3 Å². The molecule has 0 aliphatic heterocycles. The molecule has 1 heterocycles. The molecule has 0 spiro atoms. The Bertz CT molecular complexity index is 3480. The zero-order chi connectivity index (χ0) is 42.6. The highest BCUT2D eigenvalue weighted by Crippen LogP contribution is 2.45. The SMILES string of the molecule is [2H]c1c([2H])c(N(c2ccc(-c3ccc4ccccc4c3)cc2)c2cccc3oc4c5ccccc5ccc4c23)c([2H])c([2H])c1-c1c([2H])c([2H])c2c([2H])c([2H])c([2H])c([2H])c2c1[2H]. The summed E-state index contributed by atoms with van der Waals surface area (Å²) < 4.78 is 105. The van der Waals surface area contributed by atoms with Gasteiger partial charge in [-0.1, -0.05) is 133 Å².